The molecule has 0 fully saturated rings. The molecular weight excluding hydrogens is 231 g/mol. The standard InChI is InChI=1S/C15H21FO2/c1-3-4-7-14(17)8-5-6-12-11-13(16)9-10-15(12)18-2/h3,9-11,14,17H,1,4-8H2,2H3/t14-/m1/s1. The SMILES string of the molecule is C=CCC[C@@H](O)CCCc1cc(F)ccc1OC. The normalized spacial score (nSPS) is 12.2. The first-order chi connectivity index (χ1) is 8.67. The molecule has 0 aliphatic carbocycles. The summed E-state index contributed by atoms with van der Waals surface area (Å²) in [5, 5.41) is 9.69. The Morgan fingerprint density at radius 1 is 1.44 bits per heavy atom. The summed E-state index contributed by atoms with van der Waals surface area (Å²) in [6, 6.07) is 4.52. The van der Waals surface area contributed by atoms with Crippen LogP contribution in [0.2, 0.25) is 0 Å². The van der Waals surface area contributed by atoms with E-state index in [1.54, 1.807) is 19.3 Å². The van der Waals surface area contributed by atoms with Gasteiger partial charge >= 0.3 is 0 Å². The molecule has 100 valence electrons. The van der Waals surface area contributed by atoms with E-state index in [1.807, 2.05) is 0 Å². The van der Waals surface area contributed by atoms with Gasteiger partial charge in [0, 0.05) is 0 Å². The van der Waals surface area contributed by atoms with E-state index in [-0.39, 0.29) is 11.9 Å². The van der Waals surface area contributed by atoms with Crippen molar-refractivity contribution in [3.8, 4) is 5.75 Å². The van der Waals surface area contributed by atoms with Crippen molar-refractivity contribution in [3.05, 3.63) is 42.2 Å². The number of ether oxygens (including phenoxy) is 1. The molecule has 0 saturated heterocycles. The van der Waals surface area contributed by atoms with Gasteiger partial charge in [0.2, 0.25) is 0 Å². The van der Waals surface area contributed by atoms with Crippen LogP contribution in [-0.4, -0.2) is 18.3 Å². The Labute approximate surface area is 108 Å². The minimum Gasteiger partial charge on any atom is -0.496 e. The van der Waals surface area contributed by atoms with Crippen LogP contribution in [0.15, 0.2) is 30.9 Å². The van der Waals surface area contributed by atoms with Crippen LogP contribution >= 0.6 is 0 Å². The minimum absolute atomic E-state index is 0.252. The predicted molar refractivity (Wildman–Crippen MR) is 71.3 cm³/mol. The molecular formula is C15H21FO2. The predicted octanol–water partition coefficient (Wildman–Crippen LogP) is 3.48. The molecule has 0 spiro atoms. The Balaban J connectivity index is 2.43. The highest BCUT2D eigenvalue weighted by atomic mass is 19.1. The Morgan fingerprint density at radius 2 is 2.22 bits per heavy atom. The van der Waals surface area contributed by atoms with Gasteiger partial charge in [0.05, 0.1) is 13.2 Å². The molecule has 0 radical (unpaired) electrons. The fourth-order valence-corrected chi connectivity index (χ4v) is 1.93. The molecule has 0 amide bonds. The molecule has 0 aliphatic heterocycles. The van der Waals surface area contributed by atoms with Gasteiger partial charge in [-0.3, -0.25) is 0 Å². The van der Waals surface area contributed by atoms with Crippen molar-refractivity contribution in [2.24, 2.45) is 0 Å². The first-order valence-electron chi connectivity index (χ1n) is 6.28. The van der Waals surface area contributed by atoms with Gasteiger partial charge in [0.15, 0.2) is 0 Å². The fraction of sp³-hybridized carbons (Fsp3) is 0.467. The van der Waals surface area contributed by atoms with Crippen LogP contribution in [0, 0.1) is 5.82 Å². The number of methoxy groups -OCH3 is 1. The molecule has 1 rings (SSSR count). The van der Waals surface area contributed by atoms with Crippen LogP contribution in [0.4, 0.5) is 4.39 Å². The summed E-state index contributed by atoms with van der Waals surface area (Å²) in [6.07, 6.45) is 5.31. The van der Waals surface area contributed by atoms with Crippen molar-refractivity contribution >= 4 is 0 Å². The topological polar surface area (TPSA) is 29.5 Å². The second-order valence-corrected chi connectivity index (χ2v) is 4.37. The van der Waals surface area contributed by atoms with Crippen molar-refractivity contribution in [2.45, 2.75) is 38.2 Å². The molecule has 1 atom stereocenters. The number of hydrogen-bond donors (Lipinski definition) is 1. The van der Waals surface area contributed by atoms with E-state index in [1.165, 1.54) is 12.1 Å². The van der Waals surface area contributed by atoms with Crippen LogP contribution in [0.3, 0.4) is 0 Å². The highest BCUT2D eigenvalue weighted by Gasteiger charge is 2.07. The molecule has 1 aromatic rings. The largest absolute Gasteiger partial charge is 0.496 e. The van der Waals surface area contributed by atoms with Gasteiger partial charge in [-0.05, 0) is 55.9 Å². The lowest BCUT2D eigenvalue weighted by atomic mass is 10.0. The maximum absolute atomic E-state index is 13.1. The number of aryl methyl sites for hydroxylation is 1. The quantitative estimate of drug-likeness (QED) is 0.718. The number of halogens is 1. The Hall–Kier alpha value is -1.35. The third-order valence-corrected chi connectivity index (χ3v) is 2.93. The third-order valence-electron chi connectivity index (χ3n) is 2.93. The number of aliphatic hydroxyl groups is 1. The van der Waals surface area contributed by atoms with Crippen LogP contribution in [0.5, 0.6) is 5.75 Å². The van der Waals surface area contributed by atoms with Crippen LogP contribution in [0.1, 0.15) is 31.2 Å². The first kappa shape index (κ1) is 14.7. The van der Waals surface area contributed by atoms with E-state index in [9.17, 15) is 9.50 Å². The van der Waals surface area contributed by atoms with Gasteiger partial charge in [-0.2, -0.15) is 0 Å². The molecule has 0 aliphatic rings. The maximum Gasteiger partial charge on any atom is 0.123 e. The van der Waals surface area contributed by atoms with Gasteiger partial charge in [-0.1, -0.05) is 6.08 Å². The monoisotopic (exact) mass is 252 g/mol. The van der Waals surface area contributed by atoms with Crippen molar-refractivity contribution in [3.63, 3.8) is 0 Å². The molecule has 2 nitrogen and oxygen atoms in total. The van der Waals surface area contributed by atoms with E-state index >= 15 is 0 Å². The van der Waals surface area contributed by atoms with Crippen molar-refractivity contribution in [2.75, 3.05) is 7.11 Å². The van der Waals surface area contributed by atoms with E-state index in [0.29, 0.717) is 18.6 Å². The summed E-state index contributed by atoms with van der Waals surface area (Å²) in [5.41, 5.74) is 0.855. The van der Waals surface area contributed by atoms with Crippen LogP contribution < -0.4 is 4.74 Å². The lowest BCUT2D eigenvalue weighted by molar-refractivity contribution is 0.153. The Bertz CT molecular complexity index is 377. The zero-order valence-electron chi connectivity index (χ0n) is 10.9. The van der Waals surface area contributed by atoms with Gasteiger partial charge in [-0.25, -0.2) is 4.39 Å². The molecule has 0 aromatic heterocycles. The summed E-state index contributed by atoms with van der Waals surface area (Å²) >= 11 is 0. The average Bonchev–Trinajstić information content (AvgIpc) is 2.36. The summed E-state index contributed by atoms with van der Waals surface area (Å²) in [5.74, 6) is 0.454. The number of rotatable bonds is 8. The van der Waals surface area contributed by atoms with E-state index in [0.717, 1.165) is 24.8 Å². The molecule has 3 heteroatoms. The summed E-state index contributed by atoms with van der Waals surface area (Å²) in [4.78, 5) is 0. The van der Waals surface area contributed by atoms with Gasteiger partial charge in [0.25, 0.3) is 0 Å². The molecule has 0 bridgehead atoms. The molecule has 1 N–H and O–H groups in total. The third kappa shape index (κ3) is 4.88. The molecule has 1 aromatic carbocycles. The molecule has 18 heavy (non-hydrogen) atoms. The highest BCUT2D eigenvalue weighted by molar-refractivity contribution is 5.33. The van der Waals surface area contributed by atoms with Crippen molar-refractivity contribution in [1.82, 2.24) is 0 Å². The van der Waals surface area contributed by atoms with Crippen LogP contribution in [0.25, 0.3) is 0 Å². The van der Waals surface area contributed by atoms with E-state index in [4.69, 9.17) is 4.74 Å². The minimum atomic E-state index is -0.303. The fourth-order valence-electron chi connectivity index (χ4n) is 1.93. The van der Waals surface area contributed by atoms with E-state index in [2.05, 4.69) is 6.58 Å². The molecule has 0 unspecified atom stereocenters. The lowest BCUT2D eigenvalue weighted by Gasteiger charge is -2.11. The zero-order chi connectivity index (χ0) is 13.4. The number of aliphatic hydroxyl groups excluding tert-OH is 1. The van der Waals surface area contributed by atoms with E-state index < -0.39 is 0 Å². The lowest BCUT2D eigenvalue weighted by Crippen LogP contribution is -2.06. The molecule has 0 saturated carbocycles. The number of hydrogen-bond acceptors (Lipinski definition) is 2. The van der Waals surface area contributed by atoms with Gasteiger partial charge in [-0.15, -0.1) is 6.58 Å². The molecule has 0 heterocycles. The smallest absolute Gasteiger partial charge is 0.123 e. The second kappa shape index (κ2) is 7.88. The summed E-state index contributed by atoms with van der Waals surface area (Å²) < 4.78 is 18.3. The second-order valence-electron chi connectivity index (χ2n) is 4.37. The highest BCUT2D eigenvalue weighted by Crippen LogP contribution is 2.21. The van der Waals surface area contributed by atoms with Crippen molar-refractivity contribution in [1.29, 1.82) is 0 Å². The zero-order valence-corrected chi connectivity index (χ0v) is 10.9. The first-order valence-corrected chi connectivity index (χ1v) is 6.28. The Morgan fingerprint density at radius 3 is 2.89 bits per heavy atom. The van der Waals surface area contributed by atoms with Gasteiger partial charge < -0.3 is 9.84 Å². The van der Waals surface area contributed by atoms with Gasteiger partial charge in [0.1, 0.15) is 11.6 Å². The summed E-state index contributed by atoms with van der Waals surface area (Å²) in [7, 11) is 1.58. The number of allylic oxidation sites excluding steroid dienone is 1. The maximum atomic E-state index is 13.1. The van der Waals surface area contributed by atoms with Crippen LogP contribution in [-0.2, 0) is 6.42 Å². The number of benzene rings is 1. The average molecular weight is 252 g/mol. The Kier molecular flexibility index (Phi) is 6.44. The summed E-state index contributed by atoms with van der Waals surface area (Å²) in [6.45, 7) is 3.62. The van der Waals surface area contributed by atoms with Crippen molar-refractivity contribution < 1.29 is 14.2 Å².